The smallest absolute Gasteiger partial charge is 0.241 e. The number of benzene rings is 3. The molecule has 3 fully saturated rings. The molecule has 2 aliphatic carbocycles. The van der Waals surface area contributed by atoms with Crippen molar-refractivity contribution in [2.75, 3.05) is 24.0 Å². The topological polar surface area (TPSA) is 113 Å². The SMILES string of the molecule is COc1cc(O)cc(OC)c1[C@H]1C2=CC[C@@H]3C(=O)N(c4ccc(Br)cc4)C(=O)[C@@H]3[C@@H]2C[C@H]2C(=O)N(c3ccccc3)C(=O)[C@@]12C. The van der Waals surface area contributed by atoms with E-state index in [0.717, 1.165) is 10.0 Å². The third-order valence-electron chi connectivity index (χ3n) is 10.2. The number of fused-ring (bicyclic) bond motifs is 4. The Kier molecular flexibility index (Phi) is 6.88. The number of hydrogen-bond acceptors (Lipinski definition) is 7. The van der Waals surface area contributed by atoms with Gasteiger partial charge >= 0.3 is 0 Å². The Balaban J connectivity index is 1.42. The number of carbonyl (C=O) groups is 4. The van der Waals surface area contributed by atoms with E-state index in [1.165, 1.54) is 36.2 Å². The summed E-state index contributed by atoms with van der Waals surface area (Å²) < 4.78 is 12.4. The van der Waals surface area contributed by atoms with Gasteiger partial charge in [0.05, 0.1) is 48.8 Å². The van der Waals surface area contributed by atoms with Gasteiger partial charge in [0.1, 0.15) is 17.2 Å². The van der Waals surface area contributed by atoms with Gasteiger partial charge in [-0.25, -0.2) is 4.90 Å². The highest BCUT2D eigenvalue weighted by atomic mass is 79.9. The van der Waals surface area contributed by atoms with Crippen LogP contribution in [-0.4, -0.2) is 43.0 Å². The van der Waals surface area contributed by atoms with E-state index in [0.29, 0.717) is 34.9 Å². The van der Waals surface area contributed by atoms with Crippen molar-refractivity contribution in [3.63, 3.8) is 0 Å². The van der Waals surface area contributed by atoms with Crippen LogP contribution in [0, 0.1) is 29.1 Å². The maximum absolute atomic E-state index is 14.6. The summed E-state index contributed by atoms with van der Waals surface area (Å²) in [6.45, 7) is 1.80. The number of imide groups is 2. The number of phenols is 1. The Bertz CT molecular complexity index is 1760. The van der Waals surface area contributed by atoms with Gasteiger partial charge in [-0.3, -0.25) is 24.1 Å². The van der Waals surface area contributed by atoms with Gasteiger partial charge < -0.3 is 14.6 Å². The van der Waals surface area contributed by atoms with Crippen LogP contribution in [0.15, 0.2) is 82.9 Å². The molecule has 3 aromatic rings. The van der Waals surface area contributed by atoms with E-state index in [1.807, 2.05) is 12.1 Å². The van der Waals surface area contributed by atoms with Gasteiger partial charge in [-0.05, 0) is 62.1 Å². The maximum atomic E-state index is 14.6. The number of aromatic hydroxyl groups is 1. The quantitative estimate of drug-likeness (QED) is 0.277. The first-order valence-corrected chi connectivity index (χ1v) is 15.6. The lowest BCUT2D eigenvalue weighted by Gasteiger charge is -2.49. The lowest BCUT2D eigenvalue weighted by Crippen LogP contribution is -2.49. The Morgan fingerprint density at radius 1 is 0.822 bits per heavy atom. The van der Waals surface area contributed by atoms with Gasteiger partial charge in [-0.1, -0.05) is 45.8 Å². The Labute approximate surface area is 268 Å². The van der Waals surface area contributed by atoms with E-state index < -0.39 is 35.0 Å². The standard InChI is InChI=1S/C35H31BrN2O7/c1-35-25(32(41)38(34(35)43)19-7-5-4-6-8-19)17-24-22(30(35)29-26(44-2)15-21(39)16-27(29)45-3)13-14-23-28(24)33(42)37(31(23)40)20-11-9-18(36)10-12-20/h4-13,15-16,23-25,28,30,39H,14,17H2,1-3H3/t23-,24+,25-,28-,30+,35+/m0/s1. The van der Waals surface area contributed by atoms with E-state index in [9.17, 15) is 24.3 Å². The second-order valence-electron chi connectivity index (χ2n) is 12.2. The fourth-order valence-electron chi connectivity index (χ4n) is 8.20. The van der Waals surface area contributed by atoms with Crippen molar-refractivity contribution >= 4 is 50.9 Å². The van der Waals surface area contributed by atoms with Crippen molar-refractivity contribution in [3.05, 3.63) is 88.4 Å². The summed E-state index contributed by atoms with van der Waals surface area (Å²) in [4.78, 5) is 59.5. The monoisotopic (exact) mass is 670 g/mol. The molecule has 1 N–H and O–H groups in total. The molecule has 0 unspecified atom stereocenters. The van der Waals surface area contributed by atoms with Gasteiger partial charge in [0.15, 0.2) is 0 Å². The minimum absolute atomic E-state index is 0.0827. The first kappa shape index (κ1) is 29.3. The molecule has 0 radical (unpaired) electrons. The Morgan fingerprint density at radius 3 is 2.07 bits per heavy atom. The number of amides is 4. The number of carbonyl (C=O) groups excluding carboxylic acids is 4. The molecule has 9 nitrogen and oxygen atoms in total. The first-order chi connectivity index (χ1) is 21.6. The average Bonchev–Trinajstić information content (AvgIpc) is 3.41. The molecule has 1 saturated carbocycles. The van der Waals surface area contributed by atoms with Gasteiger partial charge in [0, 0.05) is 28.1 Å². The average molecular weight is 672 g/mol. The summed E-state index contributed by atoms with van der Waals surface area (Å²) in [5, 5.41) is 10.5. The minimum atomic E-state index is -1.28. The summed E-state index contributed by atoms with van der Waals surface area (Å²) >= 11 is 3.41. The van der Waals surface area contributed by atoms with Crippen molar-refractivity contribution < 1.29 is 33.8 Å². The molecule has 0 spiro atoms. The van der Waals surface area contributed by atoms with E-state index in [2.05, 4.69) is 15.9 Å². The fourth-order valence-corrected chi connectivity index (χ4v) is 8.46. The third-order valence-corrected chi connectivity index (χ3v) is 10.7. The fraction of sp³-hybridized carbons (Fsp3) is 0.314. The molecule has 0 aromatic heterocycles. The Hall–Kier alpha value is -4.44. The van der Waals surface area contributed by atoms with E-state index in [4.69, 9.17) is 9.47 Å². The number of methoxy groups -OCH3 is 2. The molecule has 10 heteroatoms. The molecule has 7 rings (SSSR count). The molecule has 6 atom stereocenters. The van der Waals surface area contributed by atoms with Crippen LogP contribution in [0.1, 0.15) is 31.2 Å². The zero-order chi connectivity index (χ0) is 31.8. The molecule has 2 aliphatic heterocycles. The van der Waals surface area contributed by atoms with E-state index in [1.54, 1.807) is 55.5 Å². The van der Waals surface area contributed by atoms with Crippen molar-refractivity contribution in [2.45, 2.75) is 25.7 Å². The summed E-state index contributed by atoms with van der Waals surface area (Å²) in [5.74, 6) is -4.15. The summed E-state index contributed by atoms with van der Waals surface area (Å²) in [6.07, 6.45) is 2.51. The summed E-state index contributed by atoms with van der Waals surface area (Å²) in [6, 6.07) is 18.8. The normalized spacial score (nSPS) is 28.9. The largest absolute Gasteiger partial charge is 0.508 e. The second kappa shape index (κ2) is 10.6. The number of hydrogen-bond donors (Lipinski definition) is 1. The number of allylic oxidation sites excluding steroid dienone is 2. The maximum Gasteiger partial charge on any atom is 0.241 e. The number of nitrogens with zero attached hydrogens (tertiary/aromatic N) is 2. The van der Waals surface area contributed by atoms with Crippen molar-refractivity contribution in [2.24, 2.45) is 29.1 Å². The molecule has 0 bridgehead atoms. The van der Waals surface area contributed by atoms with Gasteiger partial charge in [0.25, 0.3) is 0 Å². The molecule has 4 aliphatic rings. The van der Waals surface area contributed by atoms with Crippen molar-refractivity contribution in [1.82, 2.24) is 0 Å². The summed E-state index contributed by atoms with van der Waals surface area (Å²) in [7, 11) is 2.94. The molecular formula is C35H31BrN2O7. The molecule has 3 aromatic carbocycles. The molecule has 230 valence electrons. The zero-order valence-electron chi connectivity index (χ0n) is 24.9. The third kappa shape index (κ3) is 4.11. The van der Waals surface area contributed by atoms with Gasteiger partial charge in [0.2, 0.25) is 23.6 Å². The van der Waals surface area contributed by atoms with Crippen LogP contribution in [0.5, 0.6) is 17.2 Å². The molecule has 45 heavy (non-hydrogen) atoms. The van der Waals surface area contributed by atoms with E-state index in [-0.39, 0.29) is 35.8 Å². The van der Waals surface area contributed by atoms with Crippen LogP contribution >= 0.6 is 15.9 Å². The van der Waals surface area contributed by atoms with Crippen LogP contribution in [0.2, 0.25) is 0 Å². The highest BCUT2D eigenvalue weighted by molar-refractivity contribution is 9.10. The number of ether oxygens (including phenoxy) is 2. The lowest BCUT2D eigenvalue weighted by molar-refractivity contribution is -0.131. The second-order valence-corrected chi connectivity index (χ2v) is 13.2. The Morgan fingerprint density at radius 2 is 1.44 bits per heavy atom. The van der Waals surface area contributed by atoms with Crippen LogP contribution in [0.3, 0.4) is 0 Å². The number of para-hydroxylation sites is 1. The lowest BCUT2D eigenvalue weighted by atomic mass is 9.51. The highest BCUT2D eigenvalue weighted by Crippen LogP contribution is 2.65. The number of halogens is 1. The highest BCUT2D eigenvalue weighted by Gasteiger charge is 2.68. The van der Waals surface area contributed by atoms with Crippen LogP contribution in [-0.2, 0) is 19.2 Å². The van der Waals surface area contributed by atoms with Crippen molar-refractivity contribution in [3.8, 4) is 17.2 Å². The van der Waals surface area contributed by atoms with Gasteiger partial charge in [-0.15, -0.1) is 0 Å². The molecule has 4 amide bonds. The summed E-state index contributed by atoms with van der Waals surface area (Å²) in [5.41, 5.74) is 0.987. The predicted octanol–water partition coefficient (Wildman–Crippen LogP) is 5.61. The zero-order valence-corrected chi connectivity index (χ0v) is 26.5. The number of phenolic OH excluding ortho intramolecular Hbond substituents is 1. The van der Waals surface area contributed by atoms with Crippen molar-refractivity contribution in [1.29, 1.82) is 0 Å². The van der Waals surface area contributed by atoms with Crippen LogP contribution in [0.25, 0.3) is 0 Å². The van der Waals surface area contributed by atoms with E-state index >= 15 is 0 Å². The first-order valence-electron chi connectivity index (χ1n) is 14.8. The van der Waals surface area contributed by atoms with Gasteiger partial charge in [-0.2, -0.15) is 0 Å². The van der Waals surface area contributed by atoms with Crippen LogP contribution in [0.4, 0.5) is 11.4 Å². The molecule has 2 heterocycles. The molecule has 2 saturated heterocycles. The number of rotatable bonds is 5. The predicted molar refractivity (Wildman–Crippen MR) is 169 cm³/mol. The molecular weight excluding hydrogens is 640 g/mol. The van der Waals surface area contributed by atoms with Crippen LogP contribution < -0.4 is 19.3 Å². The minimum Gasteiger partial charge on any atom is -0.508 e. The number of anilines is 2.